The van der Waals surface area contributed by atoms with Crippen LogP contribution in [0, 0.1) is 6.92 Å². The van der Waals surface area contributed by atoms with Gasteiger partial charge in [-0.05, 0) is 31.2 Å². The first-order valence-electron chi connectivity index (χ1n) is 7.77. The van der Waals surface area contributed by atoms with Crippen molar-refractivity contribution in [1.29, 1.82) is 0 Å². The third-order valence-corrected chi connectivity index (χ3v) is 5.58. The first-order chi connectivity index (χ1) is 12.8. The molecule has 0 fully saturated rings. The second-order valence-corrected chi connectivity index (χ2v) is 7.75. The molecule has 8 nitrogen and oxygen atoms in total. The summed E-state index contributed by atoms with van der Waals surface area (Å²) in [4.78, 5) is 4.00. The Kier molecular flexibility index (Phi) is 5.53. The summed E-state index contributed by atoms with van der Waals surface area (Å²) >= 11 is 5.83. The second kappa shape index (κ2) is 7.71. The number of hydrogen-bond donors (Lipinski definition) is 2. The average molecular weight is 417 g/mol. The molecule has 0 aliphatic heterocycles. The molecule has 2 heterocycles. The van der Waals surface area contributed by atoms with E-state index in [1.165, 1.54) is 6.92 Å². The average Bonchev–Trinajstić information content (AvgIpc) is 3.22. The van der Waals surface area contributed by atoms with Crippen molar-refractivity contribution < 1.29 is 17.2 Å². The topological polar surface area (TPSA) is 106 Å². The van der Waals surface area contributed by atoms with Gasteiger partial charge in [-0.1, -0.05) is 11.6 Å². The molecule has 12 heteroatoms. The SMILES string of the molecule is Cc1c(S(=O)(=O)NCCc2nc(-c3ccc(Cl)cc3)n[nH]2)cnn1C(F)F. The number of benzene rings is 1. The quantitative estimate of drug-likeness (QED) is 0.615. The molecule has 2 aromatic heterocycles. The smallest absolute Gasteiger partial charge is 0.263 e. The lowest BCUT2D eigenvalue weighted by molar-refractivity contribution is 0.0541. The molecule has 0 spiro atoms. The van der Waals surface area contributed by atoms with Crippen LogP contribution < -0.4 is 4.72 Å². The van der Waals surface area contributed by atoms with Gasteiger partial charge in [-0.25, -0.2) is 22.8 Å². The maximum Gasteiger partial charge on any atom is 0.333 e. The predicted octanol–water partition coefficient (Wildman–Crippen LogP) is 2.55. The summed E-state index contributed by atoms with van der Waals surface area (Å²) in [5.74, 6) is 0.932. The second-order valence-electron chi connectivity index (χ2n) is 5.58. The highest BCUT2D eigenvalue weighted by Gasteiger charge is 2.23. The Morgan fingerprint density at radius 3 is 2.63 bits per heavy atom. The molecule has 0 saturated carbocycles. The molecule has 0 bridgehead atoms. The van der Waals surface area contributed by atoms with E-state index in [4.69, 9.17) is 11.6 Å². The van der Waals surface area contributed by atoms with E-state index in [0.717, 1.165) is 11.8 Å². The Balaban J connectivity index is 1.63. The van der Waals surface area contributed by atoms with E-state index < -0.39 is 16.6 Å². The molecule has 0 atom stereocenters. The fourth-order valence-electron chi connectivity index (χ4n) is 2.38. The molecule has 144 valence electrons. The van der Waals surface area contributed by atoms with Crippen LogP contribution in [0.2, 0.25) is 5.02 Å². The number of H-pyrrole nitrogens is 1. The summed E-state index contributed by atoms with van der Waals surface area (Å²) in [7, 11) is -3.97. The Hall–Kier alpha value is -2.37. The maximum absolute atomic E-state index is 12.7. The Morgan fingerprint density at radius 2 is 2.00 bits per heavy atom. The van der Waals surface area contributed by atoms with E-state index in [1.807, 2.05) is 0 Å². The lowest BCUT2D eigenvalue weighted by Gasteiger charge is -2.06. The normalized spacial score (nSPS) is 12.0. The Bertz CT molecular complexity index is 1030. The summed E-state index contributed by atoms with van der Waals surface area (Å²) in [6.45, 7) is -1.63. The molecule has 0 aliphatic rings. The summed E-state index contributed by atoms with van der Waals surface area (Å²) < 4.78 is 52.7. The molecule has 0 unspecified atom stereocenters. The van der Waals surface area contributed by atoms with Crippen LogP contribution in [0.3, 0.4) is 0 Å². The van der Waals surface area contributed by atoms with Gasteiger partial charge in [-0.15, -0.1) is 0 Å². The van der Waals surface area contributed by atoms with Crippen molar-refractivity contribution in [2.24, 2.45) is 0 Å². The first kappa shape index (κ1) is 19.4. The number of nitrogens with zero attached hydrogens (tertiary/aromatic N) is 4. The van der Waals surface area contributed by atoms with Crippen molar-refractivity contribution in [1.82, 2.24) is 29.7 Å². The number of nitrogens with one attached hydrogen (secondary N) is 2. The highest BCUT2D eigenvalue weighted by Crippen LogP contribution is 2.20. The molecular formula is C15H15ClF2N6O2S. The van der Waals surface area contributed by atoms with Crippen LogP contribution >= 0.6 is 11.6 Å². The molecule has 0 amide bonds. The van der Waals surface area contributed by atoms with Crippen molar-refractivity contribution in [3.8, 4) is 11.4 Å². The zero-order chi connectivity index (χ0) is 19.6. The molecule has 0 radical (unpaired) electrons. The van der Waals surface area contributed by atoms with Crippen molar-refractivity contribution >= 4 is 21.6 Å². The van der Waals surface area contributed by atoms with Gasteiger partial charge in [-0.2, -0.15) is 19.0 Å². The van der Waals surface area contributed by atoms with Gasteiger partial charge in [0.05, 0.1) is 11.9 Å². The highest BCUT2D eigenvalue weighted by molar-refractivity contribution is 7.89. The summed E-state index contributed by atoms with van der Waals surface area (Å²) in [6, 6.07) is 6.95. The Morgan fingerprint density at radius 1 is 1.30 bits per heavy atom. The van der Waals surface area contributed by atoms with Gasteiger partial charge in [0.1, 0.15) is 10.7 Å². The van der Waals surface area contributed by atoms with Crippen molar-refractivity contribution in [2.45, 2.75) is 24.8 Å². The minimum absolute atomic E-state index is 0.0108. The molecular weight excluding hydrogens is 402 g/mol. The van der Waals surface area contributed by atoms with Crippen LogP contribution in [-0.4, -0.2) is 39.9 Å². The third kappa shape index (κ3) is 4.31. The first-order valence-corrected chi connectivity index (χ1v) is 9.63. The zero-order valence-electron chi connectivity index (χ0n) is 14.0. The minimum atomic E-state index is -3.97. The zero-order valence-corrected chi connectivity index (χ0v) is 15.6. The van der Waals surface area contributed by atoms with E-state index in [0.29, 0.717) is 21.4 Å². The fourth-order valence-corrected chi connectivity index (χ4v) is 3.71. The molecule has 27 heavy (non-hydrogen) atoms. The predicted molar refractivity (Wildman–Crippen MR) is 93.9 cm³/mol. The summed E-state index contributed by atoms with van der Waals surface area (Å²) in [6.07, 6.45) is 1.14. The van der Waals surface area contributed by atoms with Gasteiger partial charge in [0.2, 0.25) is 10.0 Å². The minimum Gasteiger partial charge on any atom is -0.263 e. The molecule has 3 rings (SSSR count). The maximum atomic E-state index is 12.7. The molecule has 1 aromatic carbocycles. The van der Waals surface area contributed by atoms with Gasteiger partial charge < -0.3 is 0 Å². The van der Waals surface area contributed by atoms with Crippen LogP contribution in [0.25, 0.3) is 11.4 Å². The lowest BCUT2D eigenvalue weighted by Crippen LogP contribution is -2.26. The van der Waals surface area contributed by atoms with Crippen LogP contribution in [0.15, 0.2) is 35.4 Å². The van der Waals surface area contributed by atoms with Crippen LogP contribution in [-0.2, 0) is 16.4 Å². The van der Waals surface area contributed by atoms with Crippen molar-refractivity contribution in [3.63, 3.8) is 0 Å². The molecule has 2 N–H and O–H groups in total. The number of alkyl halides is 2. The van der Waals surface area contributed by atoms with E-state index in [-0.39, 0.29) is 23.6 Å². The van der Waals surface area contributed by atoms with E-state index >= 15 is 0 Å². The van der Waals surface area contributed by atoms with Crippen molar-refractivity contribution in [2.75, 3.05) is 6.54 Å². The van der Waals surface area contributed by atoms with Gasteiger partial charge in [0.25, 0.3) is 0 Å². The van der Waals surface area contributed by atoms with E-state index in [2.05, 4.69) is 25.0 Å². The van der Waals surface area contributed by atoms with E-state index in [9.17, 15) is 17.2 Å². The van der Waals surface area contributed by atoms with Gasteiger partial charge >= 0.3 is 6.55 Å². The summed E-state index contributed by atoms with van der Waals surface area (Å²) in [5, 5.41) is 10.8. The third-order valence-electron chi connectivity index (χ3n) is 3.76. The van der Waals surface area contributed by atoms with Crippen LogP contribution in [0.1, 0.15) is 18.1 Å². The number of hydrogen-bond acceptors (Lipinski definition) is 5. The number of sulfonamides is 1. The highest BCUT2D eigenvalue weighted by atomic mass is 35.5. The molecule has 0 saturated heterocycles. The van der Waals surface area contributed by atoms with Gasteiger partial charge in [-0.3, -0.25) is 5.10 Å². The van der Waals surface area contributed by atoms with Crippen molar-refractivity contribution in [3.05, 3.63) is 47.0 Å². The molecule has 0 aliphatic carbocycles. The number of aromatic nitrogens is 5. The number of aromatic amines is 1. The standard InChI is InChI=1S/C15H15ClF2N6O2S/c1-9-12(8-19-24(9)15(17)18)27(25,26)20-7-6-13-21-14(23-22-13)10-2-4-11(16)5-3-10/h2-5,8,15,20H,6-7H2,1H3,(H,21,22,23). The van der Waals surface area contributed by atoms with Gasteiger partial charge in [0.15, 0.2) is 5.82 Å². The largest absolute Gasteiger partial charge is 0.333 e. The number of rotatable bonds is 7. The lowest BCUT2D eigenvalue weighted by atomic mass is 10.2. The fraction of sp³-hybridized carbons (Fsp3) is 0.267. The monoisotopic (exact) mass is 416 g/mol. The number of halogens is 3. The molecule has 3 aromatic rings. The van der Waals surface area contributed by atoms with E-state index in [1.54, 1.807) is 24.3 Å². The van der Waals surface area contributed by atoms with Crippen LogP contribution in [0.4, 0.5) is 8.78 Å². The van der Waals surface area contributed by atoms with Gasteiger partial charge in [0, 0.05) is 23.6 Å². The summed E-state index contributed by atoms with van der Waals surface area (Å²) in [5.41, 5.74) is 0.625. The Labute approximate surface area is 158 Å². The van der Waals surface area contributed by atoms with Crippen LogP contribution in [0.5, 0.6) is 0 Å².